The highest BCUT2D eigenvalue weighted by molar-refractivity contribution is 5.90. The molecule has 1 heterocycles. The van der Waals surface area contributed by atoms with Crippen LogP contribution in [-0.4, -0.2) is 16.1 Å². The predicted octanol–water partition coefficient (Wildman–Crippen LogP) is 0.507. The second kappa shape index (κ2) is 3.75. The number of aryl methyl sites for hydroxylation is 1. The molecule has 1 aromatic heterocycles. The van der Waals surface area contributed by atoms with Gasteiger partial charge in [0.2, 0.25) is 0 Å². The van der Waals surface area contributed by atoms with Gasteiger partial charge in [-0.15, -0.1) is 0 Å². The van der Waals surface area contributed by atoms with Crippen molar-refractivity contribution in [3.63, 3.8) is 0 Å². The Labute approximate surface area is 79.6 Å². The number of carbonyl (C=O) groups is 1. The summed E-state index contributed by atoms with van der Waals surface area (Å²) in [6, 6.07) is 2.88. The number of nitriles is 1. The predicted molar refractivity (Wildman–Crippen MR) is 48.1 cm³/mol. The quantitative estimate of drug-likeness (QED) is 0.713. The van der Waals surface area contributed by atoms with Gasteiger partial charge in [-0.3, -0.25) is 4.79 Å². The minimum Gasteiger partial charge on any atom is -0.478 e. The van der Waals surface area contributed by atoms with Gasteiger partial charge in [-0.05, 0) is 12.5 Å². The van der Waals surface area contributed by atoms with Gasteiger partial charge in [0, 0.05) is 5.69 Å². The lowest BCUT2D eigenvalue weighted by Crippen LogP contribution is -2.18. The molecule has 72 valence electrons. The van der Waals surface area contributed by atoms with Gasteiger partial charge >= 0.3 is 5.97 Å². The third-order valence-electron chi connectivity index (χ3n) is 1.81. The molecule has 0 aliphatic rings. The minimum absolute atomic E-state index is 0.242. The molecule has 0 amide bonds. The first-order valence-electron chi connectivity index (χ1n) is 3.99. The summed E-state index contributed by atoms with van der Waals surface area (Å²) in [5.41, 5.74) is -0.738. The molecular weight excluding hydrogens is 184 g/mol. The van der Waals surface area contributed by atoms with Crippen LogP contribution in [0.15, 0.2) is 10.9 Å². The Hall–Kier alpha value is -2.09. The molecule has 0 bridgehead atoms. The smallest absolute Gasteiger partial charge is 0.337 e. The molecule has 5 heteroatoms. The monoisotopic (exact) mass is 192 g/mol. The average Bonchev–Trinajstić information content (AvgIpc) is 2.16. The molecule has 0 saturated carbocycles. The van der Waals surface area contributed by atoms with Gasteiger partial charge in [-0.25, -0.2) is 4.79 Å². The fourth-order valence-electron chi connectivity index (χ4n) is 1.08. The van der Waals surface area contributed by atoms with E-state index in [1.165, 1.54) is 6.07 Å². The fraction of sp³-hybridized carbons (Fsp3) is 0.222. The standard InChI is InChI=1S/C9H8N2O3/c1-2-5-3-6(9(13)14)7(4-10)8(12)11-5/h3H,2H2,1H3,(H,11,12)(H,13,14). The lowest BCUT2D eigenvalue weighted by molar-refractivity contribution is 0.0696. The molecule has 0 saturated heterocycles. The number of carboxylic acids is 1. The summed E-state index contributed by atoms with van der Waals surface area (Å²) in [6.07, 6.45) is 0.515. The summed E-state index contributed by atoms with van der Waals surface area (Å²) in [6.45, 7) is 1.78. The van der Waals surface area contributed by atoms with Crippen molar-refractivity contribution in [2.45, 2.75) is 13.3 Å². The molecule has 0 radical (unpaired) electrons. The second-order valence-corrected chi connectivity index (χ2v) is 2.68. The van der Waals surface area contributed by atoms with Gasteiger partial charge in [-0.2, -0.15) is 5.26 Å². The summed E-state index contributed by atoms with van der Waals surface area (Å²) in [5.74, 6) is -1.26. The number of rotatable bonds is 2. The van der Waals surface area contributed by atoms with Crippen molar-refractivity contribution < 1.29 is 9.90 Å². The maximum absolute atomic E-state index is 11.2. The zero-order chi connectivity index (χ0) is 10.7. The summed E-state index contributed by atoms with van der Waals surface area (Å²) in [4.78, 5) is 24.3. The maximum atomic E-state index is 11.2. The first kappa shape index (κ1) is 9.99. The SMILES string of the molecule is CCc1cc(C(=O)O)c(C#N)c(=O)[nH]1. The summed E-state index contributed by atoms with van der Waals surface area (Å²) < 4.78 is 0. The van der Waals surface area contributed by atoms with Crippen molar-refractivity contribution in [3.05, 3.63) is 33.2 Å². The molecular formula is C9H8N2O3. The third kappa shape index (κ3) is 1.64. The van der Waals surface area contributed by atoms with Gasteiger partial charge in [0.05, 0.1) is 5.56 Å². The average molecular weight is 192 g/mol. The molecule has 5 nitrogen and oxygen atoms in total. The molecule has 1 rings (SSSR count). The Balaban J connectivity index is 3.54. The van der Waals surface area contributed by atoms with Gasteiger partial charge < -0.3 is 10.1 Å². The van der Waals surface area contributed by atoms with Crippen LogP contribution in [0.25, 0.3) is 0 Å². The van der Waals surface area contributed by atoms with Gasteiger partial charge in [0.15, 0.2) is 0 Å². The van der Waals surface area contributed by atoms with Crippen LogP contribution in [0.3, 0.4) is 0 Å². The summed E-state index contributed by atoms with van der Waals surface area (Å²) in [5, 5.41) is 17.3. The topological polar surface area (TPSA) is 93.9 Å². The normalized spacial score (nSPS) is 9.43. The first-order chi connectivity index (χ1) is 6.60. The Morgan fingerprint density at radius 2 is 2.36 bits per heavy atom. The Morgan fingerprint density at radius 3 is 2.79 bits per heavy atom. The molecule has 0 fully saturated rings. The molecule has 0 aliphatic heterocycles. The van der Waals surface area contributed by atoms with Crippen LogP contribution in [0.4, 0.5) is 0 Å². The van der Waals surface area contributed by atoms with Crippen molar-refractivity contribution in [1.29, 1.82) is 5.26 Å². The fourth-order valence-corrected chi connectivity index (χ4v) is 1.08. The van der Waals surface area contributed by atoms with Gasteiger partial charge in [-0.1, -0.05) is 6.92 Å². The van der Waals surface area contributed by atoms with Crippen molar-refractivity contribution in [2.75, 3.05) is 0 Å². The number of nitrogens with zero attached hydrogens (tertiary/aromatic N) is 1. The van der Waals surface area contributed by atoms with Crippen molar-refractivity contribution in [3.8, 4) is 6.07 Å². The number of H-pyrrole nitrogens is 1. The molecule has 0 atom stereocenters. The summed E-state index contributed by atoms with van der Waals surface area (Å²) >= 11 is 0. The molecule has 1 aromatic rings. The van der Waals surface area contributed by atoms with E-state index >= 15 is 0 Å². The zero-order valence-corrected chi connectivity index (χ0v) is 7.50. The molecule has 0 unspecified atom stereocenters. The van der Waals surface area contributed by atoms with E-state index in [0.29, 0.717) is 12.1 Å². The largest absolute Gasteiger partial charge is 0.478 e. The van der Waals surface area contributed by atoms with Crippen LogP contribution in [0, 0.1) is 11.3 Å². The van der Waals surface area contributed by atoms with E-state index in [9.17, 15) is 9.59 Å². The minimum atomic E-state index is -1.26. The van der Waals surface area contributed by atoms with Crippen LogP contribution < -0.4 is 5.56 Å². The number of aromatic nitrogens is 1. The van der Waals surface area contributed by atoms with Crippen LogP contribution in [0.2, 0.25) is 0 Å². The van der Waals surface area contributed by atoms with Crippen molar-refractivity contribution in [1.82, 2.24) is 4.98 Å². The van der Waals surface area contributed by atoms with Gasteiger partial charge in [0.25, 0.3) is 5.56 Å². The molecule has 0 aromatic carbocycles. The number of hydrogen-bond donors (Lipinski definition) is 2. The van der Waals surface area contributed by atoms with Crippen molar-refractivity contribution >= 4 is 5.97 Å². The number of nitrogens with one attached hydrogen (secondary N) is 1. The molecule has 0 aliphatic carbocycles. The highest BCUT2D eigenvalue weighted by Gasteiger charge is 2.14. The molecule has 0 spiro atoms. The van der Waals surface area contributed by atoms with E-state index in [0.717, 1.165) is 0 Å². The van der Waals surface area contributed by atoms with E-state index in [-0.39, 0.29) is 11.1 Å². The highest BCUT2D eigenvalue weighted by atomic mass is 16.4. The molecule has 14 heavy (non-hydrogen) atoms. The Kier molecular flexibility index (Phi) is 2.67. The van der Waals surface area contributed by atoms with Gasteiger partial charge in [0.1, 0.15) is 11.6 Å². The van der Waals surface area contributed by atoms with Crippen LogP contribution in [-0.2, 0) is 6.42 Å². The van der Waals surface area contributed by atoms with Crippen LogP contribution in [0.5, 0.6) is 0 Å². The van der Waals surface area contributed by atoms with E-state index < -0.39 is 11.5 Å². The number of aromatic amines is 1. The van der Waals surface area contributed by atoms with Crippen molar-refractivity contribution in [2.24, 2.45) is 0 Å². The summed E-state index contributed by atoms with van der Waals surface area (Å²) in [7, 11) is 0. The lowest BCUT2D eigenvalue weighted by atomic mass is 10.1. The second-order valence-electron chi connectivity index (χ2n) is 2.68. The number of aromatic carboxylic acids is 1. The number of carboxylic acid groups (broad SMARTS) is 1. The number of hydrogen-bond acceptors (Lipinski definition) is 3. The zero-order valence-electron chi connectivity index (χ0n) is 7.50. The highest BCUT2D eigenvalue weighted by Crippen LogP contribution is 2.05. The van der Waals surface area contributed by atoms with E-state index in [4.69, 9.17) is 10.4 Å². The first-order valence-corrected chi connectivity index (χ1v) is 3.99. The van der Waals surface area contributed by atoms with Crippen LogP contribution in [0.1, 0.15) is 28.5 Å². The lowest BCUT2D eigenvalue weighted by Gasteiger charge is -2.00. The Morgan fingerprint density at radius 1 is 1.71 bits per heavy atom. The molecule has 2 N–H and O–H groups in total. The Bertz CT molecular complexity index is 468. The maximum Gasteiger partial charge on any atom is 0.337 e. The number of pyridine rings is 1. The third-order valence-corrected chi connectivity index (χ3v) is 1.81. The van der Waals surface area contributed by atoms with E-state index in [2.05, 4.69) is 4.98 Å². The van der Waals surface area contributed by atoms with Crippen LogP contribution >= 0.6 is 0 Å². The van der Waals surface area contributed by atoms with E-state index in [1.807, 2.05) is 0 Å². The van der Waals surface area contributed by atoms with E-state index in [1.54, 1.807) is 13.0 Å².